The molecular weight excluding hydrogens is 346 g/mol. The molecule has 28 heavy (non-hydrogen) atoms. The number of aromatic nitrogens is 1. The highest BCUT2D eigenvalue weighted by Crippen LogP contribution is 2.23. The first-order chi connectivity index (χ1) is 13.6. The van der Waals surface area contributed by atoms with Crippen LogP contribution in [0.5, 0.6) is 0 Å². The van der Waals surface area contributed by atoms with Crippen LogP contribution in [-0.2, 0) is 4.79 Å². The van der Waals surface area contributed by atoms with E-state index < -0.39 is 0 Å². The largest absolute Gasteiger partial charge is 0.372 e. The molecule has 4 nitrogen and oxygen atoms in total. The average molecular weight is 381 g/mol. The molecule has 0 aliphatic carbocycles. The van der Waals surface area contributed by atoms with Gasteiger partial charge in [-0.3, -0.25) is 4.79 Å². The van der Waals surface area contributed by atoms with Crippen molar-refractivity contribution in [3.05, 3.63) is 54.4 Å². The lowest BCUT2D eigenvalue weighted by Crippen LogP contribution is -2.44. The topological polar surface area (TPSA) is 36.2 Å². The van der Waals surface area contributed by atoms with E-state index in [4.69, 9.17) is 0 Å². The van der Waals surface area contributed by atoms with Gasteiger partial charge >= 0.3 is 0 Å². The Bertz CT molecular complexity index is 744. The molecule has 3 rings (SSSR count). The Morgan fingerprint density at radius 2 is 1.61 bits per heavy atom. The van der Waals surface area contributed by atoms with Crippen LogP contribution in [-0.4, -0.2) is 19.0 Å². The van der Waals surface area contributed by atoms with E-state index >= 15 is 0 Å². The molecule has 1 atom stereocenters. The van der Waals surface area contributed by atoms with Crippen LogP contribution in [0.1, 0.15) is 70.4 Å². The van der Waals surface area contributed by atoms with Crippen molar-refractivity contribution in [3.8, 4) is 0 Å². The number of pyridine rings is 1. The molecule has 1 fully saturated rings. The minimum atomic E-state index is -0.252. The van der Waals surface area contributed by atoms with Gasteiger partial charge < -0.3 is 10.2 Å². The quantitative estimate of drug-likeness (QED) is 0.681. The molecule has 1 aliphatic rings. The Balaban J connectivity index is 1.60. The van der Waals surface area contributed by atoms with E-state index in [0.717, 1.165) is 31.6 Å². The van der Waals surface area contributed by atoms with Crippen LogP contribution in [0.25, 0.3) is 0 Å². The van der Waals surface area contributed by atoms with Crippen molar-refractivity contribution in [1.29, 1.82) is 0 Å². The van der Waals surface area contributed by atoms with Gasteiger partial charge in [0.2, 0.25) is 6.04 Å². The number of nitrogens with one attached hydrogen (secondary N) is 1. The number of carbonyl (C=O) groups is 1. The van der Waals surface area contributed by atoms with Gasteiger partial charge in [0.15, 0.2) is 12.4 Å². The fraction of sp³-hybridized carbons (Fsp3) is 0.500. The summed E-state index contributed by atoms with van der Waals surface area (Å²) in [6.45, 7) is 8.65. The number of amides is 1. The predicted octanol–water partition coefficient (Wildman–Crippen LogP) is 5.07. The van der Waals surface area contributed by atoms with Crippen LogP contribution in [0.2, 0.25) is 0 Å². The van der Waals surface area contributed by atoms with Gasteiger partial charge in [0, 0.05) is 43.5 Å². The third-order valence-corrected chi connectivity index (χ3v) is 6.02. The minimum absolute atomic E-state index is 0.00556. The molecule has 0 radical (unpaired) electrons. The second-order valence-electron chi connectivity index (χ2n) is 7.85. The molecular formula is C24H34N3O+. The Labute approximate surface area is 169 Å². The number of nitrogens with zero attached hydrogens (tertiary/aromatic N) is 2. The lowest BCUT2D eigenvalue weighted by atomic mass is 9.95. The molecule has 1 aromatic carbocycles. The monoisotopic (exact) mass is 380 g/mol. The van der Waals surface area contributed by atoms with Crippen molar-refractivity contribution in [1.82, 2.24) is 0 Å². The fourth-order valence-corrected chi connectivity index (χ4v) is 4.03. The summed E-state index contributed by atoms with van der Waals surface area (Å²) < 4.78 is 1.98. The number of carbonyl (C=O) groups excluding carboxylic acids is 1. The van der Waals surface area contributed by atoms with Crippen molar-refractivity contribution < 1.29 is 9.36 Å². The zero-order chi connectivity index (χ0) is 19.9. The molecule has 0 spiro atoms. The van der Waals surface area contributed by atoms with E-state index in [1.54, 1.807) is 0 Å². The van der Waals surface area contributed by atoms with Gasteiger partial charge in [-0.2, -0.15) is 4.57 Å². The van der Waals surface area contributed by atoms with Gasteiger partial charge in [-0.25, -0.2) is 0 Å². The Morgan fingerprint density at radius 3 is 2.18 bits per heavy atom. The van der Waals surface area contributed by atoms with Crippen LogP contribution in [0.4, 0.5) is 11.4 Å². The zero-order valence-electron chi connectivity index (χ0n) is 17.5. The number of anilines is 2. The molecule has 1 amide bonds. The summed E-state index contributed by atoms with van der Waals surface area (Å²) in [6.07, 6.45) is 10.2. The highest BCUT2D eigenvalue weighted by Gasteiger charge is 2.22. The molecule has 1 aliphatic heterocycles. The number of rotatable bonds is 7. The SMILES string of the molecule is CCC(CC)c1cc[n+]([C@@H](C)C(=O)Nc2ccc(N3CCCCC3)cc2)cc1. The van der Waals surface area contributed by atoms with E-state index in [9.17, 15) is 4.79 Å². The molecule has 0 bridgehead atoms. The molecule has 0 saturated carbocycles. The summed E-state index contributed by atoms with van der Waals surface area (Å²) in [4.78, 5) is 15.1. The van der Waals surface area contributed by atoms with E-state index in [1.807, 2.05) is 36.0 Å². The predicted molar refractivity (Wildman–Crippen MR) is 116 cm³/mol. The molecule has 2 aromatic rings. The van der Waals surface area contributed by atoms with Crippen LogP contribution >= 0.6 is 0 Å². The van der Waals surface area contributed by atoms with E-state index in [2.05, 4.69) is 48.3 Å². The summed E-state index contributed by atoms with van der Waals surface area (Å²) in [7, 11) is 0. The maximum absolute atomic E-state index is 12.7. The first kappa shape index (κ1) is 20.4. The maximum atomic E-state index is 12.7. The molecule has 0 unspecified atom stereocenters. The van der Waals surface area contributed by atoms with Crippen LogP contribution in [0, 0.1) is 0 Å². The number of hydrogen-bond acceptors (Lipinski definition) is 2. The van der Waals surface area contributed by atoms with Gasteiger partial charge in [-0.15, -0.1) is 0 Å². The second kappa shape index (κ2) is 9.72. The van der Waals surface area contributed by atoms with Gasteiger partial charge in [0.05, 0.1) is 0 Å². The Hall–Kier alpha value is -2.36. The smallest absolute Gasteiger partial charge is 0.293 e. The van der Waals surface area contributed by atoms with Gasteiger partial charge in [0.1, 0.15) is 0 Å². The van der Waals surface area contributed by atoms with Gasteiger partial charge in [-0.1, -0.05) is 13.8 Å². The fourth-order valence-electron chi connectivity index (χ4n) is 4.03. The minimum Gasteiger partial charge on any atom is -0.372 e. The highest BCUT2D eigenvalue weighted by atomic mass is 16.2. The summed E-state index contributed by atoms with van der Waals surface area (Å²) in [5.74, 6) is 0.600. The summed E-state index contributed by atoms with van der Waals surface area (Å²) in [6, 6.07) is 12.3. The van der Waals surface area contributed by atoms with Crippen molar-refractivity contribution >= 4 is 17.3 Å². The lowest BCUT2D eigenvalue weighted by molar-refractivity contribution is -0.705. The normalized spacial score (nSPS) is 15.5. The Morgan fingerprint density at radius 1 is 1.00 bits per heavy atom. The zero-order valence-corrected chi connectivity index (χ0v) is 17.5. The third kappa shape index (κ3) is 4.92. The van der Waals surface area contributed by atoms with E-state index in [-0.39, 0.29) is 11.9 Å². The Kier molecular flexibility index (Phi) is 7.07. The van der Waals surface area contributed by atoms with Crippen molar-refractivity contribution in [3.63, 3.8) is 0 Å². The maximum Gasteiger partial charge on any atom is 0.293 e. The number of piperidine rings is 1. The number of hydrogen-bond donors (Lipinski definition) is 1. The molecule has 150 valence electrons. The number of benzene rings is 1. The standard InChI is InChI=1S/C24H33N3O/c1-4-20(5-2)21-13-17-26(18-14-21)19(3)24(28)25-22-9-11-23(12-10-22)27-15-7-6-8-16-27/h9-14,17-20H,4-8,15-16H2,1-3H3/p+1/t19-/m0/s1. The van der Waals surface area contributed by atoms with Crippen LogP contribution in [0.3, 0.4) is 0 Å². The van der Waals surface area contributed by atoms with Crippen molar-refractivity contribution in [2.75, 3.05) is 23.3 Å². The van der Waals surface area contributed by atoms with Crippen LogP contribution in [0.15, 0.2) is 48.8 Å². The van der Waals surface area contributed by atoms with Gasteiger partial charge in [0.25, 0.3) is 5.91 Å². The first-order valence-corrected chi connectivity index (χ1v) is 10.8. The molecule has 1 N–H and O–H groups in total. The molecule has 2 heterocycles. The second-order valence-corrected chi connectivity index (χ2v) is 7.85. The average Bonchev–Trinajstić information content (AvgIpc) is 2.76. The molecule has 4 heteroatoms. The molecule has 1 saturated heterocycles. The van der Waals surface area contributed by atoms with E-state index in [0.29, 0.717) is 5.92 Å². The third-order valence-electron chi connectivity index (χ3n) is 6.02. The van der Waals surface area contributed by atoms with E-state index in [1.165, 1.54) is 30.5 Å². The summed E-state index contributed by atoms with van der Waals surface area (Å²) in [5.41, 5.74) is 3.45. The lowest BCUT2D eigenvalue weighted by Gasteiger charge is -2.28. The highest BCUT2D eigenvalue weighted by molar-refractivity contribution is 5.92. The van der Waals surface area contributed by atoms with Gasteiger partial charge in [-0.05, 0) is 67.9 Å². The van der Waals surface area contributed by atoms with Crippen LogP contribution < -0.4 is 14.8 Å². The molecule has 1 aromatic heterocycles. The van der Waals surface area contributed by atoms with Crippen molar-refractivity contribution in [2.24, 2.45) is 0 Å². The van der Waals surface area contributed by atoms with Crippen molar-refractivity contribution in [2.45, 2.75) is 64.8 Å². The first-order valence-electron chi connectivity index (χ1n) is 10.8. The summed E-state index contributed by atoms with van der Waals surface area (Å²) in [5, 5.41) is 3.05. The summed E-state index contributed by atoms with van der Waals surface area (Å²) >= 11 is 0.